The van der Waals surface area contributed by atoms with Crippen LogP contribution in [0.5, 0.6) is 0 Å². The van der Waals surface area contributed by atoms with Gasteiger partial charge < -0.3 is 21.1 Å². The van der Waals surface area contributed by atoms with Gasteiger partial charge in [0.15, 0.2) is 0 Å². The fourth-order valence-corrected chi connectivity index (χ4v) is 1.58. The van der Waals surface area contributed by atoms with Gasteiger partial charge in [0, 0.05) is 12.6 Å². The Balaban J connectivity index is 2.52. The molecule has 0 aromatic heterocycles. The van der Waals surface area contributed by atoms with Crippen molar-refractivity contribution in [3.05, 3.63) is 29.3 Å². The van der Waals surface area contributed by atoms with Crippen molar-refractivity contribution in [1.82, 2.24) is 10.6 Å². The largest absolute Gasteiger partial charge is 0.478 e. The molecular weight excluding hydrogens is 290 g/mol. The maximum atomic E-state index is 11.7. The van der Waals surface area contributed by atoms with Crippen LogP contribution in [0.4, 0.5) is 5.69 Å². The minimum absolute atomic E-state index is 0.0903. The summed E-state index contributed by atoms with van der Waals surface area (Å²) in [5, 5.41) is 16.1. The van der Waals surface area contributed by atoms with Gasteiger partial charge in [0.2, 0.25) is 17.7 Å². The molecule has 0 aliphatic carbocycles. The summed E-state index contributed by atoms with van der Waals surface area (Å²) in [6.07, 6.45) is 0. The molecule has 1 aromatic rings. The molecule has 0 radical (unpaired) electrons. The molecule has 0 unspecified atom stereocenters. The smallest absolute Gasteiger partial charge is 0.336 e. The quantitative estimate of drug-likeness (QED) is 0.583. The lowest BCUT2D eigenvalue weighted by molar-refractivity contribution is -0.126. The van der Waals surface area contributed by atoms with E-state index in [0.717, 1.165) is 0 Å². The number of anilines is 1. The third-order valence-corrected chi connectivity index (χ3v) is 2.70. The maximum absolute atomic E-state index is 11.7. The van der Waals surface area contributed by atoms with Gasteiger partial charge in [0.05, 0.1) is 18.7 Å². The SMILES string of the molecule is CC(=O)NCC(=O)NCC(=O)Nc1ccc(C)c(C(=O)O)c1. The van der Waals surface area contributed by atoms with Gasteiger partial charge in [-0.1, -0.05) is 6.07 Å². The van der Waals surface area contributed by atoms with Crippen LogP contribution in [0.3, 0.4) is 0 Å². The van der Waals surface area contributed by atoms with Crippen LogP contribution >= 0.6 is 0 Å². The summed E-state index contributed by atoms with van der Waals surface area (Å²) in [4.78, 5) is 44.6. The number of carbonyl (C=O) groups is 4. The molecule has 1 aromatic carbocycles. The van der Waals surface area contributed by atoms with Crippen molar-refractivity contribution in [2.75, 3.05) is 18.4 Å². The molecule has 0 aliphatic heterocycles. The van der Waals surface area contributed by atoms with E-state index >= 15 is 0 Å². The standard InChI is InChI=1S/C14H17N3O5/c1-8-3-4-10(5-11(8)14(21)22)17-13(20)7-16-12(19)6-15-9(2)18/h3-5H,6-7H2,1-2H3,(H,15,18)(H,16,19)(H,17,20)(H,21,22). The lowest BCUT2D eigenvalue weighted by Gasteiger charge is -2.09. The zero-order valence-corrected chi connectivity index (χ0v) is 12.2. The van der Waals surface area contributed by atoms with Gasteiger partial charge in [-0.3, -0.25) is 14.4 Å². The predicted octanol–water partition coefficient (Wildman–Crippen LogP) is -0.116. The summed E-state index contributed by atoms with van der Waals surface area (Å²) in [7, 11) is 0. The molecule has 3 amide bonds. The highest BCUT2D eigenvalue weighted by Crippen LogP contribution is 2.15. The monoisotopic (exact) mass is 307 g/mol. The van der Waals surface area contributed by atoms with Gasteiger partial charge in [-0.2, -0.15) is 0 Å². The first-order valence-electron chi connectivity index (χ1n) is 6.44. The van der Waals surface area contributed by atoms with Gasteiger partial charge >= 0.3 is 5.97 Å². The molecule has 0 heterocycles. The number of benzene rings is 1. The third-order valence-electron chi connectivity index (χ3n) is 2.70. The molecule has 1 rings (SSSR count). The van der Waals surface area contributed by atoms with Crippen molar-refractivity contribution in [2.45, 2.75) is 13.8 Å². The van der Waals surface area contributed by atoms with Crippen molar-refractivity contribution in [3.8, 4) is 0 Å². The second kappa shape index (κ2) is 7.77. The van der Waals surface area contributed by atoms with E-state index in [1.165, 1.54) is 13.0 Å². The molecule has 8 heteroatoms. The van der Waals surface area contributed by atoms with E-state index in [2.05, 4.69) is 16.0 Å². The number of carboxylic acid groups (broad SMARTS) is 1. The van der Waals surface area contributed by atoms with E-state index in [0.29, 0.717) is 11.3 Å². The Kier molecular flexibility index (Phi) is 6.06. The van der Waals surface area contributed by atoms with Crippen molar-refractivity contribution in [2.24, 2.45) is 0 Å². The summed E-state index contributed by atoms with van der Waals surface area (Å²) < 4.78 is 0. The van der Waals surface area contributed by atoms with Crippen LogP contribution in [0.1, 0.15) is 22.8 Å². The normalized spacial score (nSPS) is 9.73. The molecule has 22 heavy (non-hydrogen) atoms. The highest BCUT2D eigenvalue weighted by molar-refractivity contribution is 5.97. The van der Waals surface area contributed by atoms with Crippen LogP contribution in [0.15, 0.2) is 18.2 Å². The third kappa shape index (κ3) is 5.61. The van der Waals surface area contributed by atoms with Gasteiger partial charge in [-0.25, -0.2) is 4.79 Å². The van der Waals surface area contributed by atoms with E-state index in [1.54, 1.807) is 19.1 Å². The van der Waals surface area contributed by atoms with Crippen LogP contribution in [0, 0.1) is 6.92 Å². The zero-order valence-electron chi connectivity index (χ0n) is 12.2. The highest BCUT2D eigenvalue weighted by atomic mass is 16.4. The number of carboxylic acids is 1. The average molecular weight is 307 g/mol. The highest BCUT2D eigenvalue weighted by Gasteiger charge is 2.10. The number of nitrogens with one attached hydrogen (secondary N) is 3. The van der Waals surface area contributed by atoms with E-state index in [4.69, 9.17) is 5.11 Å². The second-order valence-corrected chi connectivity index (χ2v) is 4.57. The molecule has 0 saturated heterocycles. The van der Waals surface area contributed by atoms with Crippen LogP contribution in [0.2, 0.25) is 0 Å². The Bertz CT molecular complexity index is 612. The number of amides is 3. The van der Waals surface area contributed by atoms with Crippen LogP contribution < -0.4 is 16.0 Å². The maximum Gasteiger partial charge on any atom is 0.336 e. The first-order chi connectivity index (χ1) is 10.3. The summed E-state index contributed by atoms with van der Waals surface area (Å²) in [5.41, 5.74) is 0.991. The Morgan fingerprint density at radius 1 is 1.05 bits per heavy atom. The van der Waals surface area contributed by atoms with Gasteiger partial charge in [0.1, 0.15) is 0 Å². The Labute approximate surface area is 126 Å². The number of aromatic carboxylic acids is 1. The molecular formula is C14H17N3O5. The van der Waals surface area contributed by atoms with Gasteiger partial charge in [-0.05, 0) is 24.6 Å². The van der Waals surface area contributed by atoms with Crippen molar-refractivity contribution in [1.29, 1.82) is 0 Å². The van der Waals surface area contributed by atoms with Crippen molar-refractivity contribution in [3.63, 3.8) is 0 Å². The van der Waals surface area contributed by atoms with Gasteiger partial charge in [0.25, 0.3) is 0 Å². The summed E-state index contributed by atoms with van der Waals surface area (Å²) in [6.45, 7) is 2.43. The molecule has 0 aliphatic rings. The molecule has 118 valence electrons. The second-order valence-electron chi connectivity index (χ2n) is 4.57. The molecule has 0 saturated carbocycles. The minimum atomic E-state index is -1.09. The summed E-state index contributed by atoms with van der Waals surface area (Å²) >= 11 is 0. The van der Waals surface area contributed by atoms with Crippen molar-refractivity contribution < 1.29 is 24.3 Å². The van der Waals surface area contributed by atoms with Crippen LogP contribution in [-0.4, -0.2) is 41.9 Å². The number of rotatable bonds is 6. The molecule has 8 nitrogen and oxygen atoms in total. The summed E-state index contributed by atoms with van der Waals surface area (Å²) in [6, 6.07) is 4.49. The Hall–Kier alpha value is -2.90. The van der Waals surface area contributed by atoms with Crippen LogP contribution in [0.25, 0.3) is 0 Å². The number of carbonyl (C=O) groups excluding carboxylic acids is 3. The fraction of sp³-hybridized carbons (Fsp3) is 0.286. The average Bonchev–Trinajstić information content (AvgIpc) is 2.44. The zero-order chi connectivity index (χ0) is 16.7. The lowest BCUT2D eigenvalue weighted by atomic mass is 10.1. The number of hydrogen-bond acceptors (Lipinski definition) is 4. The molecule has 0 fully saturated rings. The van der Waals surface area contributed by atoms with E-state index in [9.17, 15) is 19.2 Å². The first kappa shape index (κ1) is 17.2. The number of aryl methyl sites for hydroxylation is 1. The predicted molar refractivity (Wildman–Crippen MR) is 78.5 cm³/mol. The Morgan fingerprint density at radius 2 is 1.68 bits per heavy atom. The molecule has 0 spiro atoms. The molecule has 0 atom stereocenters. The van der Waals surface area contributed by atoms with E-state index in [-0.39, 0.29) is 24.6 Å². The molecule has 0 bridgehead atoms. The van der Waals surface area contributed by atoms with Crippen molar-refractivity contribution >= 4 is 29.4 Å². The minimum Gasteiger partial charge on any atom is -0.478 e. The molecule has 4 N–H and O–H groups in total. The van der Waals surface area contributed by atoms with Crippen LogP contribution in [-0.2, 0) is 14.4 Å². The summed E-state index contributed by atoms with van der Waals surface area (Å²) in [5.74, 6) is -2.44. The fourth-order valence-electron chi connectivity index (χ4n) is 1.58. The first-order valence-corrected chi connectivity index (χ1v) is 6.44. The van der Waals surface area contributed by atoms with E-state index in [1.807, 2.05) is 0 Å². The lowest BCUT2D eigenvalue weighted by Crippen LogP contribution is -2.39. The number of hydrogen-bond donors (Lipinski definition) is 4. The Morgan fingerprint density at radius 3 is 2.27 bits per heavy atom. The van der Waals surface area contributed by atoms with Gasteiger partial charge in [-0.15, -0.1) is 0 Å². The van der Waals surface area contributed by atoms with E-state index < -0.39 is 17.8 Å². The topological polar surface area (TPSA) is 125 Å².